The summed E-state index contributed by atoms with van der Waals surface area (Å²) in [7, 11) is 0. The van der Waals surface area contributed by atoms with Gasteiger partial charge in [-0.1, -0.05) is 24.6 Å². The van der Waals surface area contributed by atoms with Gasteiger partial charge in [0.05, 0.1) is 12.2 Å². The Labute approximate surface area is 113 Å². The van der Waals surface area contributed by atoms with Crippen LogP contribution in [-0.4, -0.2) is 34.0 Å². The molecule has 4 nitrogen and oxygen atoms in total. The highest BCUT2D eigenvalue weighted by Crippen LogP contribution is 2.58. The molecule has 2 rings (SSSR count). The lowest BCUT2D eigenvalue weighted by molar-refractivity contribution is -0.170. The molecule has 0 heterocycles. The summed E-state index contributed by atoms with van der Waals surface area (Å²) in [6, 6.07) is 0. The van der Waals surface area contributed by atoms with Crippen LogP contribution in [0, 0.1) is 5.41 Å². The van der Waals surface area contributed by atoms with Crippen LogP contribution in [0.25, 0.3) is 0 Å². The Balaban J connectivity index is 2.43. The summed E-state index contributed by atoms with van der Waals surface area (Å²) in [5, 5.41) is 19.7. The Morgan fingerprint density at radius 3 is 2.89 bits per heavy atom. The molecule has 0 radical (unpaired) electrons. The van der Waals surface area contributed by atoms with Crippen molar-refractivity contribution in [3.63, 3.8) is 0 Å². The Bertz CT molecular complexity index is 428. The van der Waals surface area contributed by atoms with Crippen LogP contribution in [0.3, 0.4) is 0 Å². The molecule has 0 aromatic rings. The van der Waals surface area contributed by atoms with Gasteiger partial charge < -0.3 is 14.9 Å². The van der Waals surface area contributed by atoms with Gasteiger partial charge in [0.1, 0.15) is 5.60 Å². The summed E-state index contributed by atoms with van der Waals surface area (Å²) in [4.78, 5) is 11.5. The summed E-state index contributed by atoms with van der Waals surface area (Å²) in [5.41, 5.74) is 0.00683. The molecule has 0 aliphatic heterocycles. The molecule has 2 aliphatic rings. The first-order valence-electron chi connectivity index (χ1n) is 6.72. The maximum absolute atomic E-state index is 11.5. The highest BCUT2D eigenvalue weighted by atomic mass is 16.6. The van der Waals surface area contributed by atoms with Crippen LogP contribution in [0.4, 0.5) is 0 Å². The van der Waals surface area contributed by atoms with Gasteiger partial charge >= 0.3 is 5.97 Å². The fraction of sp³-hybridized carbons (Fsp3) is 0.667. The zero-order valence-corrected chi connectivity index (χ0v) is 11.6. The smallest absolute Gasteiger partial charge is 0.303 e. The van der Waals surface area contributed by atoms with Gasteiger partial charge in [-0.25, -0.2) is 0 Å². The van der Waals surface area contributed by atoms with E-state index in [2.05, 4.69) is 6.58 Å². The lowest BCUT2D eigenvalue weighted by atomic mass is 9.65. The predicted octanol–water partition coefficient (Wildman–Crippen LogP) is 1.72. The second-order valence-electron chi connectivity index (χ2n) is 5.87. The normalized spacial score (nSPS) is 41.4. The molecular weight excluding hydrogens is 244 g/mol. The second-order valence-corrected chi connectivity index (χ2v) is 5.87. The average Bonchev–Trinajstić information content (AvgIpc) is 2.54. The van der Waals surface area contributed by atoms with Gasteiger partial charge in [0, 0.05) is 18.8 Å². The first-order valence-corrected chi connectivity index (χ1v) is 6.72. The topological polar surface area (TPSA) is 66.8 Å². The van der Waals surface area contributed by atoms with Crippen molar-refractivity contribution in [2.75, 3.05) is 0 Å². The number of aliphatic hydroxyl groups is 2. The number of ether oxygens (including phenoxy) is 1. The molecule has 2 unspecified atom stereocenters. The number of carbonyl (C=O) groups excluding carboxylic acids is 1. The van der Waals surface area contributed by atoms with Crippen molar-refractivity contribution in [3.05, 3.63) is 24.3 Å². The van der Waals surface area contributed by atoms with Gasteiger partial charge in [-0.3, -0.25) is 4.79 Å². The van der Waals surface area contributed by atoms with E-state index in [1.807, 2.05) is 6.92 Å². The molecule has 1 fully saturated rings. The number of rotatable bonds is 3. The second kappa shape index (κ2) is 4.76. The number of carbonyl (C=O) groups is 1. The Morgan fingerprint density at radius 1 is 1.63 bits per heavy atom. The van der Waals surface area contributed by atoms with E-state index in [9.17, 15) is 15.0 Å². The molecule has 0 aromatic carbocycles. The minimum Gasteiger partial charge on any atom is -0.458 e. The van der Waals surface area contributed by atoms with Crippen LogP contribution in [0.5, 0.6) is 0 Å². The van der Waals surface area contributed by atoms with Crippen LogP contribution in [-0.2, 0) is 9.53 Å². The van der Waals surface area contributed by atoms with E-state index >= 15 is 0 Å². The van der Waals surface area contributed by atoms with E-state index in [1.54, 1.807) is 12.2 Å². The van der Waals surface area contributed by atoms with Crippen molar-refractivity contribution in [2.45, 2.75) is 57.3 Å². The van der Waals surface area contributed by atoms with E-state index in [0.717, 1.165) is 12.0 Å². The molecule has 19 heavy (non-hydrogen) atoms. The summed E-state index contributed by atoms with van der Waals surface area (Å²) in [5.74, 6) is -0.315. The molecule has 4 heteroatoms. The van der Waals surface area contributed by atoms with Crippen LogP contribution in [0.15, 0.2) is 24.3 Å². The minimum atomic E-state index is -0.820. The molecule has 4 atom stereocenters. The molecule has 106 valence electrons. The van der Waals surface area contributed by atoms with Gasteiger partial charge in [0.2, 0.25) is 0 Å². The minimum absolute atomic E-state index is 0.315. The van der Waals surface area contributed by atoms with Crippen molar-refractivity contribution in [3.8, 4) is 0 Å². The monoisotopic (exact) mass is 266 g/mol. The highest BCUT2D eigenvalue weighted by Gasteiger charge is 2.58. The van der Waals surface area contributed by atoms with Crippen molar-refractivity contribution < 1.29 is 19.7 Å². The largest absolute Gasteiger partial charge is 0.458 e. The molecule has 0 spiro atoms. The number of hydrogen-bond acceptors (Lipinski definition) is 4. The standard InChI is InChI=1S/C15H22O4/c1-4-6-15(19-10(2)16)7-5-11-8-12(17)13(18)9-14(11,15)3/h4,8,12-13,17-18H,1,5-7,9H2,2-3H3/t12?,13?,14-,15-/m0/s1. The van der Waals surface area contributed by atoms with Crippen LogP contribution >= 0.6 is 0 Å². The highest BCUT2D eigenvalue weighted by molar-refractivity contribution is 5.67. The predicted molar refractivity (Wildman–Crippen MR) is 71.4 cm³/mol. The zero-order chi connectivity index (χ0) is 14.3. The molecule has 2 aliphatic carbocycles. The third kappa shape index (κ3) is 2.13. The third-order valence-electron chi connectivity index (χ3n) is 4.71. The summed E-state index contributed by atoms with van der Waals surface area (Å²) in [6.45, 7) is 7.17. The van der Waals surface area contributed by atoms with E-state index < -0.39 is 23.2 Å². The molecule has 2 N–H and O–H groups in total. The molecular formula is C15H22O4. The number of esters is 1. The fourth-order valence-corrected chi connectivity index (χ4v) is 3.66. The zero-order valence-electron chi connectivity index (χ0n) is 11.6. The summed E-state index contributed by atoms with van der Waals surface area (Å²) < 4.78 is 5.65. The number of fused-ring (bicyclic) bond motifs is 1. The van der Waals surface area contributed by atoms with Gasteiger partial charge in [0.15, 0.2) is 0 Å². The van der Waals surface area contributed by atoms with Crippen molar-refractivity contribution in [2.24, 2.45) is 5.41 Å². The Hall–Kier alpha value is -1.13. The first-order chi connectivity index (χ1) is 8.84. The molecule has 0 bridgehead atoms. The van der Waals surface area contributed by atoms with Gasteiger partial charge in [-0.15, -0.1) is 6.58 Å². The quantitative estimate of drug-likeness (QED) is 0.603. The van der Waals surface area contributed by atoms with Crippen LogP contribution < -0.4 is 0 Å². The van der Waals surface area contributed by atoms with Crippen LogP contribution in [0.2, 0.25) is 0 Å². The van der Waals surface area contributed by atoms with Crippen molar-refractivity contribution in [1.29, 1.82) is 0 Å². The van der Waals surface area contributed by atoms with Gasteiger partial charge in [-0.05, 0) is 19.3 Å². The summed E-state index contributed by atoms with van der Waals surface area (Å²) >= 11 is 0. The maximum Gasteiger partial charge on any atom is 0.303 e. The average molecular weight is 266 g/mol. The van der Waals surface area contributed by atoms with E-state index in [0.29, 0.717) is 19.3 Å². The molecule has 1 saturated carbocycles. The SMILES string of the molecule is C=CC[C@]1(OC(C)=O)CCC2=CC(O)C(O)C[C@@]21C. The van der Waals surface area contributed by atoms with E-state index in [1.165, 1.54) is 6.92 Å². The maximum atomic E-state index is 11.5. The first kappa shape index (κ1) is 14.3. The van der Waals surface area contributed by atoms with E-state index in [4.69, 9.17) is 4.74 Å². The van der Waals surface area contributed by atoms with Crippen molar-refractivity contribution >= 4 is 5.97 Å². The lowest BCUT2D eigenvalue weighted by Crippen LogP contribution is -2.50. The van der Waals surface area contributed by atoms with Crippen molar-refractivity contribution in [1.82, 2.24) is 0 Å². The van der Waals surface area contributed by atoms with Gasteiger partial charge in [0.25, 0.3) is 0 Å². The molecule has 0 saturated heterocycles. The van der Waals surface area contributed by atoms with Gasteiger partial charge in [-0.2, -0.15) is 0 Å². The lowest BCUT2D eigenvalue weighted by Gasteiger charge is -2.46. The Morgan fingerprint density at radius 2 is 2.32 bits per heavy atom. The molecule has 0 aromatic heterocycles. The number of aliphatic hydroxyl groups excluding tert-OH is 2. The Kier molecular flexibility index (Phi) is 3.58. The third-order valence-corrected chi connectivity index (χ3v) is 4.71. The summed E-state index contributed by atoms with van der Waals surface area (Å²) in [6.07, 6.45) is 4.30. The number of hydrogen-bond donors (Lipinski definition) is 2. The van der Waals surface area contributed by atoms with E-state index in [-0.39, 0.29) is 5.97 Å². The fourth-order valence-electron chi connectivity index (χ4n) is 3.66. The molecule has 0 amide bonds. The van der Waals surface area contributed by atoms with Crippen LogP contribution in [0.1, 0.15) is 39.5 Å².